The van der Waals surface area contributed by atoms with Gasteiger partial charge in [0, 0.05) is 13.0 Å². The average molecular weight is 388 g/mol. The fourth-order valence-electron chi connectivity index (χ4n) is 2.35. The summed E-state index contributed by atoms with van der Waals surface area (Å²) in [4.78, 5) is 35.9. The Morgan fingerprint density at radius 2 is 1.93 bits per heavy atom. The van der Waals surface area contributed by atoms with Crippen molar-refractivity contribution in [3.8, 4) is 0 Å². The van der Waals surface area contributed by atoms with Gasteiger partial charge >= 0.3 is 12.0 Å². The van der Waals surface area contributed by atoms with E-state index in [4.69, 9.17) is 4.74 Å². The molecule has 0 saturated carbocycles. The van der Waals surface area contributed by atoms with Crippen molar-refractivity contribution < 1.29 is 19.1 Å². The number of rotatable bonds is 9. The summed E-state index contributed by atoms with van der Waals surface area (Å²) in [6.07, 6.45) is 2.39. The first-order valence-corrected chi connectivity index (χ1v) is 8.96. The highest BCUT2D eigenvalue weighted by Gasteiger charge is 2.25. The van der Waals surface area contributed by atoms with Gasteiger partial charge in [-0.25, -0.2) is 14.3 Å². The van der Waals surface area contributed by atoms with Crippen LogP contribution in [0.1, 0.15) is 31.9 Å². The van der Waals surface area contributed by atoms with Gasteiger partial charge in [0.1, 0.15) is 6.33 Å². The second-order valence-electron chi connectivity index (χ2n) is 6.59. The molecule has 0 aliphatic carbocycles. The highest BCUT2D eigenvalue weighted by atomic mass is 16.5. The molecule has 28 heavy (non-hydrogen) atoms. The number of nitrogens with one attached hydrogen (secondary N) is 2. The third-order valence-electron chi connectivity index (χ3n) is 3.83. The SMILES string of the molecule is CC(C)CCNC(=O)NC(=O)COC(=O)[C@@H](Cc1ccccc1)n1cnnn1. The summed E-state index contributed by atoms with van der Waals surface area (Å²) in [7, 11) is 0. The molecule has 0 unspecified atom stereocenters. The minimum Gasteiger partial charge on any atom is -0.454 e. The topological polar surface area (TPSA) is 128 Å². The van der Waals surface area contributed by atoms with Crippen molar-refractivity contribution in [3.05, 3.63) is 42.2 Å². The fraction of sp³-hybridized carbons (Fsp3) is 0.444. The number of urea groups is 1. The molecule has 0 fully saturated rings. The van der Waals surface area contributed by atoms with Gasteiger partial charge in [0.2, 0.25) is 0 Å². The predicted molar refractivity (Wildman–Crippen MR) is 99.0 cm³/mol. The van der Waals surface area contributed by atoms with E-state index >= 15 is 0 Å². The lowest BCUT2D eigenvalue weighted by molar-refractivity contribution is -0.152. The van der Waals surface area contributed by atoms with Crippen LogP contribution in [0.2, 0.25) is 0 Å². The van der Waals surface area contributed by atoms with Gasteiger partial charge in [0.05, 0.1) is 0 Å². The Morgan fingerprint density at radius 1 is 1.18 bits per heavy atom. The molecule has 0 bridgehead atoms. The summed E-state index contributed by atoms with van der Waals surface area (Å²) >= 11 is 0. The zero-order valence-corrected chi connectivity index (χ0v) is 15.9. The van der Waals surface area contributed by atoms with Crippen LogP contribution in [-0.2, 0) is 20.7 Å². The van der Waals surface area contributed by atoms with Crippen LogP contribution in [0.15, 0.2) is 36.7 Å². The first kappa shape index (κ1) is 21.0. The summed E-state index contributed by atoms with van der Waals surface area (Å²) in [6, 6.07) is 7.83. The number of hydrogen-bond donors (Lipinski definition) is 2. The zero-order chi connectivity index (χ0) is 20.4. The Morgan fingerprint density at radius 3 is 2.57 bits per heavy atom. The van der Waals surface area contributed by atoms with Crippen molar-refractivity contribution in [1.82, 2.24) is 30.8 Å². The van der Waals surface area contributed by atoms with Crippen LogP contribution in [0.5, 0.6) is 0 Å². The molecular weight excluding hydrogens is 364 g/mol. The maximum absolute atomic E-state index is 12.5. The monoisotopic (exact) mass is 388 g/mol. The van der Waals surface area contributed by atoms with Crippen molar-refractivity contribution in [2.45, 2.75) is 32.7 Å². The van der Waals surface area contributed by atoms with Gasteiger partial charge in [-0.05, 0) is 28.3 Å². The average Bonchev–Trinajstić information content (AvgIpc) is 3.19. The van der Waals surface area contributed by atoms with Crippen molar-refractivity contribution in [3.63, 3.8) is 0 Å². The largest absolute Gasteiger partial charge is 0.454 e. The first-order valence-electron chi connectivity index (χ1n) is 8.96. The van der Waals surface area contributed by atoms with Crippen LogP contribution >= 0.6 is 0 Å². The Bertz CT molecular complexity index is 764. The van der Waals surface area contributed by atoms with E-state index in [2.05, 4.69) is 26.2 Å². The number of amides is 3. The summed E-state index contributed by atoms with van der Waals surface area (Å²) < 4.78 is 6.33. The molecule has 0 spiro atoms. The number of hydrogen-bond acceptors (Lipinski definition) is 7. The second kappa shape index (κ2) is 10.8. The fourth-order valence-corrected chi connectivity index (χ4v) is 2.35. The molecule has 0 radical (unpaired) electrons. The van der Waals surface area contributed by atoms with E-state index in [1.165, 1.54) is 11.0 Å². The van der Waals surface area contributed by atoms with Crippen molar-refractivity contribution >= 4 is 17.9 Å². The standard InChI is InChI=1S/C18H24N6O4/c1-13(2)8-9-19-18(27)21-16(25)11-28-17(26)15(24-12-20-22-23-24)10-14-6-4-3-5-7-14/h3-7,12-13,15H,8-11H2,1-2H3,(H2,19,21,25,27)/t15-/m1/s1. The van der Waals surface area contributed by atoms with Crippen molar-refractivity contribution in [2.75, 3.05) is 13.2 Å². The minimum atomic E-state index is -0.829. The highest BCUT2D eigenvalue weighted by Crippen LogP contribution is 2.14. The third-order valence-corrected chi connectivity index (χ3v) is 3.83. The Hall–Kier alpha value is -3.30. The third kappa shape index (κ3) is 7.14. The summed E-state index contributed by atoms with van der Waals surface area (Å²) in [5.74, 6) is -0.957. The van der Waals surface area contributed by atoms with Gasteiger partial charge in [-0.1, -0.05) is 44.2 Å². The van der Waals surface area contributed by atoms with Gasteiger partial charge in [-0.2, -0.15) is 0 Å². The Kier molecular flexibility index (Phi) is 8.07. The lowest BCUT2D eigenvalue weighted by atomic mass is 10.1. The molecule has 3 amide bonds. The smallest absolute Gasteiger partial charge is 0.331 e. The maximum Gasteiger partial charge on any atom is 0.331 e. The molecule has 150 valence electrons. The molecule has 1 aromatic carbocycles. The number of carbonyl (C=O) groups excluding carboxylic acids is 3. The van der Waals surface area contributed by atoms with Crippen LogP contribution < -0.4 is 10.6 Å². The van der Waals surface area contributed by atoms with E-state index in [0.717, 1.165) is 12.0 Å². The Labute approximate surface area is 162 Å². The molecule has 0 saturated heterocycles. The van der Waals surface area contributed by atoms with Gasteiger partial charge in [-0.3, -0.25) is 10.1 Å². The van der Waals surface area contributed by atoms with Crippen LogP contribution in [0.3, 0.4) is 0 Å². The number of benzene rings is 1. The summed E-state index contributed by atoms with van der Waals surface area (Å²) in [6.45, 7) is 3.93. The molecule has 10 heteroatoms. The number of nitrogens with zero attached hydrogens (tertiary/aromatic N) is 4. The maximum atomic E-state index is 12.5. The van der Waals surface area contributed by atoms with Gasteiger partial charge < -0.3 is 10.1 Å². The molecule has 1 aromatic heterocycles. The van der Waals surface area contributed by atoms with Crippen molar-refractivity contribution in [1.29, 1.82) is 0 Å². The Balaban J connectivity index is 1.86. The molecule has 1 atom stereocenters. The minimum absolute atomic E-state index is 0.294. The zero-order valence-electron chi connectivity index (χ0n) is 15.9. The number of ether oxygens (including phenoxy) is 1. The van der Waals surface area contributed by atoms with Crippen molar-refractivity contribution in [2.24, 2.45) is 5.92 Å². The number of esters is 1. The molecule has 10 nitrogen and oxygen atoms in total. The normalized spacial score (nSPS) is 11.7. The van der Waals surface area contributed by atoms with Gasteiger partial charge in [0.25, 0.3) is 5.91 Å². The first-order chi connectivity index (χ1) is 13.5. The molecule has 1 heterocycles. The number of imide groups is 1. The number of aromatic nitrogens is 4. The van der Waals surface area contributed by atoms with Gasteiger partial charge in [-0.15, -0.1) is 5.10 Å². The predicted octanol–water partition coefficient (Wildman–Crippen LogP) is 0.872. The number of carbonyl (C=O) groups is 3. The van der Waals surface area contributed by atoms with E-state index in [1.54, 1.807) is 0 Å². The van der Waals surface area contributed by atoms with E-state index in [9.17, 15) is 14.4 Å². The van der Waals surface area contributed by atoms with Gasteiger partial charge in [0.15, 0.2) is 12.6 Å². The lowest BCUT2D eigenvalue weighted by Crippen LogP contribution is -2.42. The number of tetrazole rings is 1. The molecule has 2 rings (SSSR count). The molecule has 2 aromatic rings. The summed E-state index contributed by atoms with van der Waals surface area (Å²) in [5.41, 5.74) is 0.883. The molecular formula is C18H24N6O4. The van der Waals surface area contributed by atoms with E-state index in [0.29, 0.717) is 18.9 Å². The van der Waals surface area contributed by atoms with Crippen LogP contribution in [-0.4, -0.2) is 51.3 Å². The molecule has 2 N–H and O–H groups in total. The molecule has 0 aliphatic heterocycles. The van der Waals surface area contributed by atoms with Crippen LogP contribution in [0, 0.1) is 5.92 Å². The van der Waals surface area contributed by atoms with Crippen LogP contribution in [0.4, 0.5) is 4.79 Å². The van der Waals surface area contributed by atoms with E-state index < -0.39 is 30.6 Å². The highest BCUT2D eigenvalue weighted by molar-refractivity contribution is 5.95. The lowest BCUT2D eigenvalue weighted by Gasteiger charge is -2.15. The van der Waals surface area contributed by atoms with E-state index in [1.807, 2.05) is 44.2 Å². The van der Waals surface area contributed by atoms with E-state index in [-0.39, 0.29) is 0 Å². The second-order valence-corrected chi connectivity index (χ2v) is 6.59. The molecule has 0 aliphatic rings. The van der Waals surface area contributed by atoms with Crippen LogP contribution in [0.25, 0.3) is 0 Å². The summed E-state index contributed by atoms with van der Waals surface area (Å²) in [5, 5.41) is 15.5. The quantitative estimate of drug-likeness (QED) is 0.610.